The maximum Gasteiger partial charge on any atom is 0.347 e. The number of hydrogen-bond donors (Lipinski definition) is 2. The molecule has 0 saturated carbocycles. The van der Waals surface area contributed by atoms with Gasteiger partial charge in [0.05, 0.1) is 6.61 Å². The van der Waals surface area contributed by atoms with Crippen molar-refractivity contribution in [2.45, 2.75) is 6.92 Å². The molecule has 0 spiro atoms. The van der Waals surface area contributed by atoms with Crippen molar-refractivity contribution in [1.29, 1.82) is 0 Å². The zero-order valence-corrected chi connectivity index (χ0v) is 9.84. The van der Waals surface area contributed by atoms with Crippen LogP contribution in [0.15, 0.2) is 34.9 Å². The van der Waals surface area contributed by atoms with E-state index in [0.717, 1.165) is 5.69 Å². The standard InChI is InChI=1S/C12H13N3O3/c1-2-17-12(16)9-10(13)18-15-11(9)14-8-6-4-3-5-7-8/h3-7H,2,13H2,1H3,(H,14,15). The average Bonchev–Trinajstić information content (AvgIpc) is 2.72. The fraction of sp³-hybridized carbons (Fsp3) is 0.167. The molecule has 0 bridgehead atoms. The van der Waals surface area contributed by atoms with E-state index in [9.17, 15) is 4.79 Å². The minimum atomic E-state index is -0.560. The first kappa shape index (κ1) is 12.0. The topological polar surface area (TPSA) is 90.4 Å². The van der Waals surface area contributed by atoms with Gasteiger partial charge in [-0.25, -0.2) is 4.79 Å². The first-order valence-corrected chi connectivity index (χ1v) is 5.46. The van der Waals surface area contributed by atoms with Gasteiger partial charge in [0.1, 0.15) is 0 Å². The van der Waals surface area contributed by atoms with Gasteiger partial charge in [0, 0.05) is 5.69 Å². The monoisotopic (exact) mass is 247 g/mol. The number of nitrogens with two attached hydrogens (primary N) is 1. The molecular formula is C12H13N3O3. The van der Waals surface area contributed by atoms with Gasteiger partial charge >= 0.3 is 5.97 Å². The van der Waals surface area contributed by atoms with Crippen molar-refractivity contribution in [3.63, 3.8) is 0 Å². The third-order valence-corrected chi connectivity index (χ3v) is 2.23. The molecule has 0 fully saturated rings. The normalized spacial score (nSPS) is 10.1. The molecule has 6 nitrogen and oxygen atoms in total. The summed E-state index contributed by atoms with van der Waals surface area (Å²) in [5.41, 5.74) is 6.44. The van der Waals surface area contributed by atoms with Crippen LogP contribution < -0.4 is 11.1 Å². The quantitative estimate of drug-likeness (QED) is 0.805. The Morgan fingerprint density at radius 1 is 1.44 bits per heavy atom. The number of esters is 1. The summed E-state index contributed by atoms with van der Waals surface area (Å²) in [5, 5.41) is 6.65. The Morgan fingerprint density at radius 3 is 2.83 bits per heavy atom. The molecule has 0 atom stereocenters. The van der Waals surface area contributed by atoms with Crippen LogP contribution in [0.5, 0.6) is 0 Å². The highest BCUT2D eigenvalue weighted by molar-refractivity contribution is 5.99. The predicted molar refractivity (Wildman–Crippen MR) is 66.6 cm³/mol. The molecule has 1 aromatic carbocycles. The van der Waals surface area contributed by atoms with Gasteiger partial charge in [-0.05, 0) is 19.1 Å². The second kappa shape index (κ2) is 5.22. The smallest absolute Gasteiger partial charge is 0.347 e. The lowest BCUT2D eigenvalue weighted by atomic mass is 10.2. The molecule has 6 heteroatoms. The van der Waals surface area contributed by atoms with E-state index < -0.39 is 5.97 Å². The van der Waals surface area contributed by atoms with E-state index in [1.807, 2.05) is 30.3 Å². The maximum atomic E-state index is 11.7. The first-order chi connectivity index (χ1) is 8.72. The highest BCUT2D eigenvalue weighted by Gasteiger charge is 2.22. The van der Waals surface area contributed by atoms with Gasteiger partial charge in [0.15, 0.2) is 11.4 Å². The van der Waals surface area contributed by atoms with Gasteiger partial charge in [-0.15, -0.1) is 0 Å². The molecule has 1 heterocycles. The number of anilines is 3. The molecule has 0 saturated heterocycles. The molecule has 94 valence electrons. The summed E-state index contributed by atoms with van der Waals surface area (Å²) in [6.07, 6.45) is 0. The van der Waals surface area contributed by atoms with Crippen molar-refractivity contribution in [3.8, 4) is 0 Å². The van der Waals surface area contributed by atoms with E-state index in [2.05, 4.69) is 10.5 Å². The van der Waals surface area contributed by atoms with Gasteiger partial charge in [0.25, 0.3) is 0 Å². The minimum Gasteiger partial charge on any atom is -0.462 e. The fourth-order valence-electron chi connectivity index (χ4n) is 1.45. The lowest BCUT2D eigenvalue weighted by Crippen LogP contribution is -2.08. The largest absolute Gasteiger partial charge is 0.462 e. The Labute approximate surface area is 104 Å². The van der Waals surface area contributed by atoms with Crippen LogP contribution in [-0.2, 0) is 4.74 Å². The highest BCUT2D eigenvalue weighted by Crippen LogP contribution is 2.25. The van der Waals surface area contributed by atoms with Crippen LogP contribution in [0, 0.1) is 0 Å². The van der Waals surface area contributed by atoms with Crippen molar-refractivity contribution in [1.82, 2.24) is 5.16 Å². The lowest BCUT2D eigenvalue weighted by Gasteiger charge is -2.04. The van der Waals surface area contributed by atoms with Crippen molar-refractivity contribution in [2.75, 3.05) is 17.7 Å². The zero-order valence-electron chi connectivity index (χ0n) is 9.84. The Bertz CT molecular complexity index is 537. The number of rotatable bonds is 4. The van der Waals surface area contributed by atoms with E-state index in [-0.39, 0.29) is 23.9 Å². The van der Waals surface area contributed by atoms with Gasteiger partial charge in [-0.3, -0.25) is 0 Å². The van der Waals surface area contributed by atoms with Crippen molar-refractivity contribution >= 4 is 23.4 Å². The molecule has 0 radical (unpaired) electrons. The Hall–Kier alpha value is -2.50. The molecule has 0 aliphatic rings. The van der Waals surface area contributed by atoms with Crippen molar-refractivity contribution < 1.29 is 14.1 Å². The SMILES string of the molecule is CCOC(=O)c1c(Nc2ccccc2)noc1N. The fourth-order valence-corrected chi connectivity index (χ4v) is 1.45. The average molecular weight is 247 g/mol. The summed E-state index contributed by atoms with van der Waals surface area (Å²) >= 11 is 0. The summed E-state index contributed by atoms with van der Waals surface area (Å²) in [4.78, 5) is 11.7. The Balaban J connectivity index is 2.26. The molecule has 2 rings (SSSR count). The minimum absolute atomic E-state index is 0.0631. The summed E-state index contributed by atoms with van der Waals surface area (Å²) in [5.74, 6) is -0.376. The van der Waals surface area contributed by atoms with Gasteiger partial charge in [-0.2, -0.15) is 0 Å². The van der Waals surface area contributed by atoms with Gasteiger partial charge < -0.3 is 20.3 Å². The molecule has 2 aromatic rings. The zero-order chi connectivity index (χ0) is 13.0. The molecular weight excluding hydrogens is 234 g/mol. The number of para-hydroxylation sites is 1. The number of ether oxygens (including phenoxy) is 1. The number of carbonyl (C=O) groups excluding carboxylic acids is 1. The van der Waals surface area contributed by atoms with E-state index in [4.69, 9.17) is 15.0 Å². The molecule has 3 N–H and O–H groups in total. The lowest BCUT2D eigenvalue weighted by molar-refractivity contribution is 0.0528. The molecule has 1 aromatic heterocycles. The second-order valence-corrected chi connectivity index (χ2v) is 3.48. The van der Waals surface area contributed by atoms with E-state index in [1.165, 1.54) is 0 Å². The number of benzene rings is 1. The van der Waals surface area contributed by atoms with Crippen LogP contribution >= 0.6 is 0 Å². The Kier molecular flexibility index (Phi) is 3.47. The van der Waals surface area contributed by atoms with E-state index >= 15 is 0 Å². The summed E-state index contributed by atoms with van der Waals surface area (Å²) in [6.45, 7) is 1.97. The molecule has 0 unspecified atom stereocenters. The highest BCUT2D eigenvalue weighted by atomic mass is 16.5. The number of aromatic nitrogens is 1. The number of carbonyl (C=O) groups is 1. The number of nitrogen functional groups attached to an aromatic ring is 1. The van der Waals surface area contributed by atoms with Gasteiger partial charge in [0.2, 0.25) is 5.88 Å². The van der Waals surface area contributed by atoms with Crippen molar-refractivity contribution in [3.05, 3.63) is 35.9 Å². The van der Waals surface area contributed by atoms with Crippen LogP contribution in [-0.4, -0.2) is 17.7 Å². The van der Waals surface area contributed by atoms with E-state index in [1.54, 1.807) is 6.92 Å². The Morgan fingerprint density at radius 2 is 2.17 bits per heavy atom. The number of nitrogens with one attached hydrogen (secondary N) is 1. The van der Waals surface area contributed by atoms with Crippen LogP contribution in [0.3, 0.4) is 0 Å². The van der Waals surface area contributed by atoms with Crippen molar-refractivity contribution in [2.24, 2.45) is 0 Å². The third kappa shape index (κ3) is 2.42. The summed E-state index contributed by atoms with van der Waals surface area (Å²) in [6, 6.07) is 9.26. The van der Waals surface area contributed by atoms with Crippen LogP contribution in [0.2, 0.25) is 0 Å². The molecule has 0 aliphatic heterocycles. The predicted octanol–water partition coefficient (Wildman–Crippen LogP) is 2.18. The third-order valence-electron chi connectivity index (χ3n) is 2.23. The maximum absolute atomic E-state index is 11.7. The van der Waals surface area contributed by atoms with E-state index in [0.29, 0.717) is 0 Å². The second-order valence-electron chi connectivity index (χ2n) is 3.48. The molecule has 0 aliphatic carbocycles. The first-order valence-electron chi connectivity index (χ1n) is 5.46. The van der Waals surface area contributed by atoms with Crippen LogP contribution in [0.4, 0.5) is 17.4 Å². The van der Waals surface area contributed by atoms with Gasteiger partial charge in [-0.1, -0.05) is 23.4 Å². The number of hydrogen-bond acceptors (Lipinski definition) is 6. The molecule has 0 amide bonds. The summed E-state index contributed by atoms with van der Waals surface area (Å²) in [7, 11) is 0. The van der Waals surface area contributed by atoms with Crippen LogP contribution in [0.25, 0.3) is 0 Å². The number of nitrogens with zero attached hydrogens (tertiary/aromatic N) is 1. The molecule has 18 heavy (non-hydrogen) atoms. The summed E-state index contributed by atoms with van der Waals surface area (Å²) < 4.78 is 9.69. The van der Waals surface area contributed by atoms with Crippen LogP contribution in [0.1, 0.15) is 17.3 Å².